The van der Waals surface area contributed by atoms with Crippen LogP contribution in [0.5, 0.6) is 0 Å². The van der Waals surface area contributed by atoms with E-state index in [2.05, 4.69) is 5.10 Å². The van der Waals surface area contributed by atoms with Gasteiger partial charge in [-0.15, -0.1) is 0 Å². The molecule has 3 N–H and O–H groups in total. The van der Waals surface area contributed by atoms with Gasteiger partial charge in [0.1, 0.15) is 4.90 Å². The molecular weight excluding hydrogens is 256 g/mol. The number of aromatic nitrogens is 2. The second-order valence-electron chi connectivity index (χ2n) is 4.30. The first-order valence-corrected chi connectivity index (χ1v) is 7.40. The van der Waals surface area contributed by atoms with Gasteiger partial charge >= 0.3 is 0 Å². The Bertz CT molecular complexity index is 521. The van der Waals surface area contributed by atoms with Gasteiger partial charge in [0, 0.05) is 25.3 Å². The van der Waals surface area contributed by atoms with Crippen LogP contribution >= 0.6 is 0 Å². The van der Waals surface area contributed by atoms with E-state index >= 15 is 0 Å². The van der Waals surface area contributed by atoms with Crippen molar-refractivity contribution in [3.8, 4) is 0 Å². The zero-order valence-electron chi connectivity index (χ0n) is 10.3. The van der Waals surface area contributed by atoms with Crippen molar-refractivity contribution in [2.45, 2.75) is 37.2 Å². The Kier molecular flexibility index (Phi) is 3.60. The molecule has 1 aliphatic rings. The van der Waals surface area contributed by atoms with Gasteiger partial charge in [-0.25, -0.2) is 8.42 Å². The molecule has 0 saturated heterocycles. The van der Waals surface area contributed by atoms with Crippen LogP contribution in [-0.4, -0.2) is 46.8 Å². The molecule has 102 valence electrons. The molecule has 0 unspecified atom stereocenters. The number of aryl methyl sites for hydroxylation is 1. The maximum atomic E-state index is 12.4. The molecule has 0 aliphatic heterocycles. The van der Waals surface area contributed by atoms with Crippen molar-refractivity contribution in [2.24, 2.45) is 0 Å². The third kappa shape index (κ3) is 2.36. The fraction of sp³-hybridized carbons (Fsp3) is 0.700. The molecule has 1 fully saturated rings. The molecule has 18 heavy (non-hydrogen) atoms. The summed E-state index contributed by atoms with van der Waals surface area (Å²) < 4.78 is 27.7. The predicted molar refractivity (Wildman–Crippen MR) is 66.3 cm³/mol. The number of nitrogens with zero attached hydrogens (tertiary/aromatic N) is 3. The van der Waals surface area contributed by atoms with Crippen LogP contribution in [0.3, 0.4) is 0 Å². The minimum Gasteiger partial charge on any atom is -0.395 e. The van der Waals surface area contributed by atoms with Crippen molar-refractivity contribution in [1.29, 1.82) is 0 Å². The quantitative estimate of drug-likeness (QED) is 0.737. The van der Waals surface area contributed by atoms with E-state index in [1.165, 1.54) is 15.2 Å². The molecule has 0 atom stereocenters. The summed E-state index contributed by atoms with van der Waals surface area (Å²) in [6.07, 6.45) is 3.11. The van der Waals surface area contributed by atoms with Crippen LogP contribution in [-0.2, 0) is 16.6 Å². The van der Waals surface area contributed by atoms with E-state index in [0.29, 0.717) is 6.54 Å². The Morgan fingerprint density at radius 3 is 2.72 bits per heavy atom. The third-order valence-electron chi connectivity index (χ3n) is 2.94. The Hall–Kier alpha value is -1.12. The van der Waals surface area contributed by atoms with Gasteiger partial charge in [-0.1, -0.05) is 0 Å². The predicted octanol–water partition coefficient (Wildman–Crippen LogP) is -0.369. The summed E-state index contributed by atoms with van der Waals surface area (Å²) >= 11 is 0. The van der Waals surface area contributed by atoms with Crippen molar-refractivity contribution in [3.63, 3.8) is 0 Å². The summed E-state index contributed by atoms with van der Waals surface area (Å²) in [4.78, 5) is 0.0321. The molecule has 8 heteroatoms. The molecule has 0 radical (unpaired) electrons. The first-order chi connectivity index (χ1) is 8.50. The molecule has 1 aliphatic carbocycles. The number of sulfonamides is 1. The van der Waals surface area contributed by atoms with E-state index in [-0.39, 0.29) is 29.9 Å². The second-order valence-corrected chi connectivity index (χ2v) is 6.16. The summed E-state index contributed by atoms with van der Waals surface area (Å²) in [5, 5.41) is 12.9. The first-order valence-electron chi connectivity index (χ1n) is 5.96. The normalized spacial score (nSPS) is 16.4. The molecule has 1 saturated carbocycles. The lowest BCUT2D eigenvalue weighted by Gasteiger charge is -2.19. The van der Waals surface area contributed by atoms with Gasteiger partial charge in [-0.3, -0.25) is 4.68 Å². The van der Waals surface area contributed by atoms with Gasteiger partial charge in [-0.2, -0.15) is 9.40 Å². The molecule has 0 aromatic carbocycles. The summed E-state index contributed by atoms with van der Waals surface area (Å²) in [6, 6.07) is -0.00785. The fourth-order valence-corrected chi connectivity index (χ4v) is 3.60. The van der Waals surface area contributed by atoms with Crippen molar-refractivity contribution in [3.05, 3.63) is 6.20 Å². The zero-order valence-corrected chi connectivity index (χ0v) is 11.1. The van der Waals surface area contributed by atoms with E-state index in [4.69, 9.17) is 10.8 Å². The van der Waals surface area contributed by atoms with Crippen LogP contribution in [0.25, 0.3) is 0 Å². The average molecular weight is 274 g/mol. The molecule has 7 nitrogen and oxygen atoms in total. The Morgan fingerprint density at radius 2 is 2.28 bits per heavy atom. The van der Waals surface area contributed by atoms with Crippen molar-refractivity contribution in [1.82, 2.24) is 14.1 Å². The van der Waals surface area contributed by atoms with Gasteiger partial charge in [0.15, 0.2) is 5.82 Å². The Morgan fingerprint density at radius 1 is 1.61 bits per heavy atom. The number of aliphatic hydroxyl groups excluding tert-OH is 1. The molecule has 0 amide bonds. The summed E-state index contributed by atoms with van der Waals surface area (Å²) in [5.74, 6) is 0.0143. The zero-order chi connectivity index (χ0) is 13.3. The van der Waals surface area contributed by atoms with Crippen molar-refractivity contribution < 1.29 is 13.5 Å². The minimum atomic E-state index is -3.65. The van der Waals surface area contributed by atoms with Crippen LogP contribution in [0.2, 0.25) is 0 Å². The second kappa shape index (κ2) is 4.87. The van der Waals surface area contributed by atoms with Crippen molar-refractivity contribution in [2.75, 3.05) is 18.9 Å². The molecule has 0 bridgehead atoms. The highest BCUT2D eigenvalue weighted by atomic mass is 32.2. The lowest BCUT2D eigenvalue weighted by molar-refractivity contribution is 0.250. The molecule has 0 spiro atoms. The number of aliphatic hydroxyl groups is 1. The van der Waals surface area contributed by atoms with Gasteiger partial charge in [0.2, 0.25) is 10.0 Å². The number of nitrogen functional groups attached to an aromatic ring is 1. The lowest BCUT2D eigenvalue weighted by Crippen LogP contribution is -2.35. The third-order valence-corrected chi connectivity index (χ3v) is 4.91. The van der Waals surface area contributed by atoms with Crippen molar-refractivity contribution >= 4 is 15.8 Å². The average Bonchev–Trinajstić information content (AvgIpc) is 3.08. The molecular formula is C10H18N4O3S. The van der Waals surface area contributed by atoms with E-state index in [9.17, 15) is 8.42 Å². The van der Waals surface area contributed by atoms with Crippen LogP contribution in [0, 0.1) is 0 Å². The lowest BCUT2D eigenvalue weighted by atomic mass is 10.6. The van der Waals surface area contributed by atoms with E-state index in [0.717, 1.165) is 12.8 Å². The standard InChI is InChI=1S/C10H18N4O3S/c1-2-13-7-9(10(11)12-13)18(16,17)14(5-6-15)8-3-4-8/h7-8,15H,2-6H2,1H3,(H2,11,12). The van der Waals surface area contributed by atoms with E-state index in [1.807, 2.05) is 6.92 Å². The number of anilines is 1. The maximum absolute atomic E-state index is 12.4. The topological polar surface area (TPSA) is 101 Å². The molecule has 1 heterocycles. The molecule has 1 aromatic rings. The van der Waals surface area contributed by atoms with Gasteiger partial charge in [0.25, 0.3) is 0 Å². The number of hydrogen-bond acceptors (Lipinski definition) is 5. The van der Waals surface area contributed by atoms with Crippen LogP contribution in [0.4, 0.5) is 5.82 Å². The van der Waals surface area contributed by atoms with Gasteiger partial charge < -0.3 is 10.8 Å². The number of nitrogens with two attached hydrogens (primary N) is 1. The highest BCUT2D eigenvalue weighted by Crippen LogP contribution is 2.33. The monoisotopic (exact) mass is 274 g/mol. The maximum Gasteiger partial charge on any atom is 0.248 e. The largest absolute Gasteiger partial charge is 0.395 e. The van der Waals surface area contributed by atoms with Crippen LogP contribution in [0.15, 0.2) is 11.1 Å². The summed E-state index contributed by atoms with van der Waals surface area (Å²) in [7, 11) is -3.65. The highest BCUT2D eigenvalue weighted by molar-refractivity contribution is 7.89. The summed E-state index contributed by atoms with van der Waals surface area (Å²) in [6.45, 7) is 2.32. The van der Waals surface area contributed by atoms with Gasteiger partial charge in [0.05, 0.1) is 6.61 Å². The van der Waals surface area contributed by atoms with E-state index < -0.39 is 10.0 Å². The number of rotatable bonds is 6. The Labute approximate surface area is 106 Å². The summed E-state index contributed by atoms with van der Waals surface area (Å²) in [5.41, 5.74) is 5.66. The smallest absolute Gasteiger partial charge is 0.248 e. The van der Waals surface area contributed by atoms with Crippen LogP contribution < -0.4 is 5.73 Å². The SMILES string of the molecule is CCn1cc(S(=O)(=O)N(CCO)C2CC2)c(N)n1. The number of hydrogen-bond donors (Lipinski definition) is 2. The van der Waals surface area contributed by atoms with Gasteiger partial charge in [-0.05, 0) is 19.8 Å². The fourth-order valence-electron chi connectivity index (χ4n) is 1.87. The molecule has 2 rings (SSSR count). The first kappa shape index (κ1) is 13.3. The highest BCUT2D eigenvalue weighted by Gasteiger charge is 2.39. The van der Waals surface area contributed by atoms with E-state index in [1.54, 1.807) is 0 Å². The molecule has 1 aromatic heterocycles. The minimum absolute atomic E-state index is 0.00785. The van der Waals surface area contributed by atoms with Crippen LogP contribution in [0.1, 0.15) is 19.8 Å². The Balaban J connectivity index is 2.35.